The Balaban J connectivity index is 1.09. The smallest absolute Gasteiger partial charge is 0.255 e. The van der Waals surface area contributed by atoms with E-state index >= 15 is 0 Å². The average Bonchev–Trinajstić information content (AvgIpc) is 3.57. The highest BCUT2D eigenvalue weighted by atomic mass is 16.5. The van der Waals surface area contributed by atoms with Crippen molar-refractivity contribution in [2.45, 2.75) is 82.2 Å². The van der Waals surface area contributed by atoms with Crippen LogP contribution >= 0.6 is 0 Å². The molecule has 7 heteroatoms. The maximum absolute atomic E-state index is 13.0. The molecule has 6 rings (SSSR count). The lowest BCUT2D eigenvalue weighted by molar-refractivity contribution is -0.126. The summed E-state index contributed by atoms with van der Waals surface area (Å²) >= 11 is 0. The number of nitrogens with zero attached hydrogens (tertiary/aromatic N) is 2. The molecule has 1 aromatic carbocycles. The molecule has 182 valence electrons. The zero-order chi connectivity index (χ0) is 23.2. The molecule has 1 unspecified atom stereocenters. The van der Waals surface area contributed by atoms with Gasteiger partial charge in [-0.1, -0.05) is 13.0 Å². The lowest BCUT2D eigenvalue weighted by Gasteiger charge is -2.48. The number of amides is 2. The van der Waals surface area contributed by atoms with E-state index in [0.717, 1.165) is 49.0 Å². The fourth-order valence-electron chi connectivity index (χ4n) is 5.91. The van der Waals surface area contributed by atoms with Gasteiger partial charge in [0, 0.05) is 43.5 Å². The van der Waals surface area contributed by atoms with Crippen LogP contribution in [0.4, 0.5) is 0 Å². The third-order valence-electron chi connectivity index (χ3n) is 8.17. The summed E-state index contributed by atoms with van der Waals surface area (Å²) in [5, 5.41) is 2.80. The minimum atomic E-state index is -0.431. The van der Waals surface area contributed by atoms with Crippen molar-refractivity contribution in [1.29, 1.82) is 0 Å². The molecule has 34 heavy (non-hydrogen) atoms. The maximum Gasteiger partial charge on any atom is 0.255 e. The second-order valence-corrected chi connectivity index (χ2v) is 10.8. The van der Waals surface area contributed by atoms with E-state index in [2.05, 4.69) is 16.8 Å². The van der Waals surface area contributed by atoms with Gasteiger partial charge in [0.1, 0.15) is 17.9 Å². The highest BCUT2D eigenvalue weighted by molar-refractivity contribution is 6.01. The number of benzene rings is 1. The van der Waals surface area contributed by atoms with Crippen molar-refractivity contribution in [3.05, 3.63) is 41.6 Å². The SMILES string of the molecule is C=C1CCC(N2Cc3cc(O[C@H]4CCCC[C@@H]4N4CC(OCC5CC5)C4)ccc3C2=O)C(=O)N1. The summed E-state index contributed by atoms with van der Waals surface area (Å²) in [7, 11) is 0. The largest absolute Gasteiger partial charge is 0.489 e. The lowest BCUT2D eigenvalue weighted by Crippen LogP contribution is -2.61. The maximum atomic E-state index is 13.0. The molecule has 3 aliphatic heterocycles. The number of allylic oxidation sites excluding steroid dienone is 1. The summed E-state index contributed by atoms with van der Waals surface area (Å²) in [4.78, 5) is 29.7. The summed E-state index contributed by atoms with van der Waals surface area (Å²) in [6, 6.07) is 5.80. The van der Waals surface area contributed by atoms with E-state index in [-0.39, 0.29) is 17.9 Å². The second-order valence-electron chi connectivity index (χ2n) is 10.8. The van der Waals surface area contributed by atoms with Crippen LogP contribution in [0.15, 0.2) is 30.5 Å². The quantitative estimate of drug-likeness (QED) is 0.670. The summed E-state index contributed by atoms with van der Waals surface area (Å²) in [6.45, 7) is 7.26. The first-order valence-corrected chi connectivity index (χ1v) is 13.0. The number of likely N-dealkylation sites (tertiary alicyclic amines) is 1. The van der Waals surface area contributed by atoms with Crippen molar-refractivity contribution in [1.82, 2.24) is 15.1 Å². The Morgan fingerprint density at radius 1 is 1.06 bits per heavy atom. The molecule has 1 N–H and O–H groups in total. The van der Waals surface area contributed by atoms with E-state index in [1.807, 2.05) is 18.2 Å². The van der Waals surface area contributed by atoms with Gasteiger partial charge in [0.05, 0.1) is 6.10 Å². The normalized spacial score (nSPS) is 30.2. The first-order chi connectivity index (χ1) is 16.5. The van der Waals surface area contributed by atoms with Gasteiger partial charge in [-0.25, -0.2) is 0 Å². The third kappa shape index (κ3) is 4.36. The average molecular weight is 466 g/mol. The molecule has 0 spiro atoms. The fraction of sp³-hybridized carbons (Fsp3) is 0.630. The molecule has 7 nitrogen and oxygen atoms in total. The molecular formula is C27H35N3O4. The molecule has 4 fully saturated rings. The van der Waals surface area contributed by atoms with Gasteiger partial charge in [-0.2, -0.15) is 0 Å². The summed E-state index contributed by atoms with van der Waals surface area (Å²) in [5.41, 5.74) is 2.36. The number of ether oxygens (including phenoxy) is 2. The van der Waals surface area contributed by atoms with Gasteiger partial charge >= 0.3 is 0 Å². The standard InChI is InChI=1S/C27H35N3O4/c1-17-6-11-24(26(31)28-17)30-13-19-12-20(9-10-22(19)27(30)32)34-25-5-3-2-4-23(25)29-14-21(15-29)33-16-18-7-8-18/h9-10,12,18,21,23-25H,1-8,11,13-16H2,(H,28,31)/t23-,24?,25-/m0/s1. The van der Waals surface area contributed by atoms with E-state index < -0.39 is 6.04 Å². The van der Waals surface area contributed by atoms with Crippen molar-refractivity contribution in [2.24, 2.45) is 5.92 Å². The summed E-state index contributed by atoms with van der Waals surface area (Å²) in [5.74, 6) is 1.44. The third-order valence-corrected chi connectivity index (χ3v) is 8.17. The van der Waals surface area contributed by atoms with Crippen molar-refractivity contribution >= 4 is 11.8 Å². The molecule has 0 radical (unpaired) electrons. The number of carbonyl (C=O) groups is 2. The number of rotatable bonds is 7. The Labute approximate surface area is 201 Å². The van der Waals surface area contributed by atoms with Crippen LogP contribution in [0.2, 0.25) is 0 Å². The first-order valence-electron chi connectivity index (χ1n) is 13.0. The minimum Gasteiger partial charge on any atom is -0.489 e. The Kier molecular flexibility index (Phi) is 5.86. The molecule has 3 heterocycles. The predicted octanol–water partition coefficient (Wildman–Crippen LogP) is 3.24. The molecule has 5 aliphatic rings. The number of hydrogen-bond acceptors (Lipinski definition) is 5. The molecule has 1 aromatic rings. The van der Waals surface area contributed by atoms with E-state index in [9.17, 15) is 9.59 Å². The Morgan fingerprint density at radius 2 is 1.88 bits per heavy atom. The van der Waals surface area contributed by atoms with Crippen molar-refractivity contribution in [3.8, 4) is 5.75 Å². The molecule has 0 aromatic heterocycles. The van der Waals surface area contributed by atoms with Crippen LogP contribution in [0.5, 0.6) is 5.75 Å². The minimum absolute atomic E-state index is 0.0671. The van der Waals surface area contributed by atoms with E-state index in [1.165, 1.54) is 32.1 Å². The van der Waals surface area contributed by atoms with Gasteiger partial charge in [0.15, 0.2) is 0 Å². The van der Waals surface area contributed by atoms with Gasteiger partial charge in [0.25, 0.3) is 5.91 Å². The zero-order valence-electron chi connectivity index (χ0n) is 19.8. The van der Waals surface area contributed by atoms with Crippen LogP contribution in [0.3, 0.4) is 0 Å². The van der Waals surface area contributed by atoms with E-state index in [0.29, 0.717) is 37.1 Å². The monoisotopic (exact) mass is 465 g/mol. The Morgan fingerprint density at radius 3 is 2.68 bits per heavy atom. The summed E-state index contributed by atoms with van der Waals surface area (Å²) in [6.07, 6.45) is 9.21. The van der Waals surface area contributed by atoms with Gasteiger partial charge < -0.3 is 19.7 Å². The molecule has 2 saturated heterocycles. The van der Waals surface area contributed by atoms with Gasteiger partial charge in [0.2, 0.25) is 5.91 Å². The van der Waals surface area contributed by atoms with Crippen LogP contribution in [0, 0.1) is 5.92 Å². The highest BCUT2D eigenvalue weighted by Crippen LogP contribution is 2.35. The van der Waals surface area contributed by atoms with Crippen LogP contribution < -0.4 is 10.1 Å². The van der Waals surface area contributed by atoms with Crippen LogP contribution in [0.25, 0.3) is 0 Å². The molecular weight excluding hydrogens is 430 g/mol. The first kappa shape index (κ1) is 22.1. The van der Waals surface area contributed by atoms with Crippen molar-refractivity contribution < 1.29 is 19.1 Å². The van der Waals surface area contributed by atoms with E-state index in [4.69, 9.17) is 9.47 Å². The van der Waals surface area contributed by atoms with Crippen LogP contribution in [-0.2, 0) is 16.1 Å². The fourth-order valence-corrected chi connectivity index (χ4v) is 5.91. The van der Waals surface area contributed by atoms with Gasteiger partial charge in [-0.15, -0.1) is 0 Å². The van der Waals surface area contributed by atoms with Crippen molar-refractivity contribution in [2.75, 3.05) is 19.7 Å². The van der Waals surface area contributed by atoms with Crippen molar-refractivity contribution in [3.63, 3.8) is 0 Å². The number of piperidine rings is 1. The van der Waals surface area contributed by atoms with Gasteiger partial charge in [-0.3, -0.25) is 14.5 Å². The zero-order valence-corrected chi connectivity index (χ0v) is 19.8. The predicted molar refractivity (Wildman–Crippen MR) is 127 cm³/mol. The molecule has 2 saturated carbocycles. The number of nitrogens with one attached hydrogen (secondary N) is 1. The number of hydrogen-bond donors (Lipinski definition) is 1. The second kappa shape index (κ2) is 9.00. The number of carbonyl (C=O) groups excluding carboxylic acids is 2. The Bertz CT molecular complexity index is 984. The topological polar surface area (TPSA) is 71.1 Å². The molecule has 2 aliphatic carbocycles. The Hall–Kier alpha value is -2.38. The molecule has 2 amide bonds. The highest BCUT2D eigenvalue weighted by Gasteiger charge is 2.41. The molecule has 0 bridgehead atoms. The molecule has 3 atom stereocenters. The summed E-state index contributed by atoms with van der Waals surface area (Å²) < 4.78 is 12.6. The van der Waals surface area contributed by atoms with Crippen LogP contribution in [0.1, 0.15) is 67.3 Å². The van der Waals surface area contributed by atoms with Crippen LogP contribution in [-0.4, -0.2) is 65.6 Å². The number of fused-ring (bicyclic) bond motifs is 1. The van der Waals surface area contributed by atoms with Gasteiger partial charge in [-0.05, 0) is 74.6 Å². The van der Waals surface area contributed by atoms with E-state index in [1.54, 1.807) is 4.90 Å². The lowest BCUT2D eigenvalue weighted by atomic mass is 9.89.